The van der Waals surface area contributed by atoms with Crippen molar-refractivity contribution in [1.82, 2.24) is 0 Å². The van der Waals surface area contributed by atoms with Crippen molar-refractivity contribution in [3.63, 3.8) is 0 Å². The highest BCUT2D eigenvalue weighted by Gasteiger charge is 2.29. The summed E-state index contributed by atoms with van der Waals surface area (Å²) in [5, 5.41) is 16.3. The molecule has 1 fully saturated rings. The van der Waals surface area contributed by atoms with Crippen molar-refractivity contribution in [3.8, 4) is 0 Å². The van der Waals surface area contributed by atoms with Gasteiger partial charge in [-0.15, -0.1) is 0 Å². The van der Waals surface area contributed by atoms with Gasteiger partial charge in [0.05, 0.1) is 10.6 Å². The van der Waals surface area contributed by atoms with Crippen LogP contribution in [-0.2, 0) is 4.79 Å². The molecule has 0 atom stereocenters. The Balaban J connectivity index is 1.69. The molecule has 2 aromatic carbocycles. The van der Waals surface area contributed by atoms with Gasteiger partial charge in [-0.25, -0.2) is 0 Å². The van der Waals surface area contributed by atoms with Crippen LogP contribution in [0.25, 0.3) is 0 Å². The Morgan fingerprint density at radius 1 is 1.08 bits per heavy atom. The lowest BCUT2D eigenvalue weighted by Gasteiger charge is -2.09. The highest BCUT2D eigenvalue weighted by Crippen LogP contribution is 2.30. The molecule has 2 N–H and O–H groups in total. The van der Waals surface area contributed by atoms with Crippen LogP contribution in [0.2, 0.25) is 0 Å². The van der Waals surface area contributed by atoms with Gasteiger partial charge in [0.25, 0.3) is 11.6 Å². The number of nitro benzene ring substituents is 1. The van der Waals surface area contributed by atoms with E-state index >= 15 is 0 Å². The number of amides is 2. The molecule has 0 heterocycles. The molecule has 2 amide bonds. The Kier molecular flexibility index (Phi) is 4.47. The first kappa shape index (κ1) is 16.6. The third-order valence-corrected chi connectivity index (χ3v) is 4.04. The van der Waals surface area contributed by atoms with E-state index in [9.17, 15) is 19.7 Å². The number of nitro groups is 1. The maximum absolute atomic E-state index is 12.3. The van der Waals surface area contributed by atoms with Crippen LogP contribution in [0.4, 0.5) is 17.1 Å². The number of anilines is 2. The van der Waals surface area contributed by atoms with E-state index in [4.69, 9.17) is 0 Å². The van der Waals surface area contributed by atoms with E-state index in [0.717, 1.165) is 18.4 Å². The molecule has 25 heavy (non-hydrogen) atoms. The molecule has 0 radical (unpaired) electrons. The number of hydrogen-bond acceptors (Lipinski definition) is 4. The smallest absolute Gasteiger partial charge is 0.271 e. The molecular formula is C18H17N3O4. The molecule has 3 rings (SSSR count). The Bertz CT molecular complexity index is 842. The number of hydrogen-bond donors (Lipinski definition) is 2. The number of rotatable bonds is 5. The molecular weight excluding hydrogens is 322 g/mol. The number of aryl methyl sites for hydroxylation is 1. The minimum Gasteiger partial charge on any atom is -0.326 e. The van der Waals surface area contributed by atoms with Crippen LogP contribution in [0, 0.1) is 23.0 Å². The highest BCUT2D eigenvalue weighted by molar-refractivity contribution is 6.05. The van der Waals surface area contributed by atoms with Crippen molar-refractivity contribution >= 4 is 28.9 Å². The highest BCUT2D eigenvalue weighted by atomic mass is 16.6. The van der Waals surface area contributed by atoms with E-state index in [0.29, 0.717) is 16.9 Å². The molecule has 1 aliphatic carbocycles. The second-order valence-corrected chi connectivity index (χ2v) is 6.05. The van der Waals surface area contributed by atoms with E-state index in [1.165, 1.54) is 12.1 Å². The van der Waals surface area contributed by atoms with Gasteiger partial charge in [-0.05, 0) is 49.6 Å². The summed E-state index contributed by atoms with van der Waals surface area (Å²) in [6.45, 7) is 1.76. The van der Waals surface area contributed by atoms with Crippen LogP contribution in [0.1, 0.15) is 28.8 Å². The maximum atomic E-state index is 12.3. The summed E-state index contributed by atoms with van der Waals surface area (Å²) < 4.78 is 0. The lowest BCUT2D eigenvalue weighted by atomic mass is 10.1. The number of non-ortho nitro benzene ring substituents is 1. The van der Waals surface area contributed by atoms with Crippen molar-refractivity contribution in [3.05, 3.63) is 63.7 Å². The van der Waals surface area contributed by atoms with Crippen LogP contribution in [0.5, 0.6) is 0 Å². The van der Waals surface area contributed by atoms with Gasteiger partial charge < -0.3 is 10.6 Å². The first-order chi connectivity index (χ1) is 11.9. The minimum absolute atomic E-state index is 0.00409. The Morgan fingerprint density at radius 2 is 1.76 bits per heavy atom. The standard InChI is InChI=1S/C18H17N3O4/c1-11-2-9-15(21(24)25)10-16(11)20-18(23)13-5-7-14(8-6-13)19-17(22)12-3-4-12/h2,5-10,12H,3-4H2,1H3,(H,19,22)(H,20,23). The molecule has 2 aromatic rings. The number of carbonyl (C=O) groups is 2. The van der Waals surface area contributed by atoms with Gasteiger partial charge >= 0.3 is 0 Å². The van der Waals surface area contributed by atoms with E-state index in [1.54, 1.807) is 37.3 Å². The molecule has 1 aliphatic rings. The van der Waals surface area contributed by atoms with E-state index in [2.05, 4.69) is 10.6 Å². The van der Waals surface area contributed by atoms with Gasteiger partial charge in [0.1, 0.15) is 0 Å². The van der Waals surface area contributed by atoms with Gasteiger partial charge in [-0.1, -0.05) is 6.07 Å². The van der Waals surface area contributed by atoms with E-state index < -0.39 is 4.92 Å². The van der Waals surface area contributed by atoms with Gasteiger partial charge in [0.2, 0.25) is 5.91 Å². The third-order valence-electron chi connectivity index (χ3n) is 4.04. The first-order valence-corrected chi connectivity index (χ1v) is 7.91. The number of nitrogens with one attached hydrogen (secondary N) is 2. The SMILES string of the molecule is Cc1ccc([N+](=O)[O-])cc1NC(=O)c1ccc(NC(=O)C2CC2)cc1. The molecule has 0 spiro atoms. The largest absolute Gasteiger partial charge is 0.326 e. The van der Waals surface area contributed by atoms with Crippen LogP contribution < -0.4 is 10.6 Å². The second kappa shape index (κ2) is 6.72. The van der Waals surface area contributed by atoms with Crippen LogP contribution >= 0.6 is 0 Å². The first-order valence-electron chi connectivity index (χ1n) is 7.91. The molecule has 7 nitrogen and oxygen atoms in total. The van der Waals surface area contributed by atoms with Crippen LogP contribution in [0.15, 0.2) is 42.5 Å². The summed E-state index contributed by atoms with van der Waals surface area (Å²) >= 11 is 0. The van der Waals surface area contributed by atoms with Gasteiger partial charge in [0, 0.05) is 29.3 Å². The summed E-state index contributed by atoms with van der Waals surface area (Å²) in [6, 6.07) is 10.8. The van der Waals surface area contributed by atoms with Crippen molar-refractivity contribution in [2.45, 2.75) is 19.8 Å². The predicted molar refractivity (Wildman–Crippen MR) is 93.6 cm³/mol. The van der Waals surface area contributed by atoms with Crippen molar-refractivity contribution in [2.24, 2.45) is 5.92 Å². The van der Waals surface area contributed by atoms with E-state index in [1.807, 2.05) is 0 Å². The zero-order chi connectivity index (χ0) is 18.0. The van der Waals surface area contributed by atoms with E-state index in [-0.39, 0.29) is 23.4 Å². The summed E-state index contributed by atoms with van der Waals surface area (Å²) in [7, 11) is 0. The summed E-state index contributed by atoms with van der Waals surface area (Å²) in [6.07, 6.45) is 1.85. The predicted octanol–water partition coefficient (Wildman–Crippen LogP) is 3.50. The number of nitrogens with zero attached hydrogens (tertiary/aromatic N) is 1. The lowest BCUT2D eigenvalue weighted by Crippen LogP contribution is -2.15. The van der Waals surface area contributed by atoms with Crippen molar-refractivity contribution < 1.29 is 14.5 Å². The number of benzene rings is 2. The van der Waals surface area contributed by atoms with Crippen molar-refractivity contribution in [2.75, 3.05) is 10.6 Å². The topological polar surface area (TPSA) is 101 Å². The van der Waals surface area contributed by atoms with Crippen molar-refractivity contribution in [1.29, 1.82) is 0 Å². The molecule has 7 heteroatoms. The Labute approximate surface area is 144 Å². The molecule has 1 saturated carbocycles. The quantitative estimate of drug-likeness (QED) is 0.643. The summed E-state index contributed by atoms with van der Waals surface area (Å²) in [5.41, 5.74) is 2.08. The molecule has 0 aliphatic heterocycles. The summed E-state index contributed by atoms with van der Waals surface area (Å²) in [4.78, 5) is 34.4. The average molecular weight is 339 g/mol. The average Bonchev–Trinajstić information content (AvgIpc) is 3.42. The monoisotopic (exact) mass is 339 g/mol. The zero-order valence-electron chi connectivity index (χ0n) is 13.6. The molecule has 128 valence electrons. The Morgan fingerprint density at radius 3 is 2.36 bits per heavy atom. The Hall–Kier alpha value is -3.22. The normalized spacial score (nSPS) is 13.2. The maximum Gasteiger partial charge on any atom is 0.271 e. The van der Waals surface area contributed by atoms with Crippen LogP contribution in [0.3, 0.4) is 0 Å². The molecule has 0 bridgehead atoms. The van der Waals surface area contributed by atoms with Gasteiger partial charge in [0.15, 0.2) is 0 Å². The lowest BCUT2D eigenvalue weighted by molar-refractivity contribution is -0.384. The fourth-order valence-corrected chi connectivity index (χ4v) is 2.35. The fraction of sp³-hybridized carbons (Fsp3) is 0.222. The fourth-order valence-electron chi connectivity index (χ4n) is 2.35. The molecule has 0 saturated heterocycles. The number of carbonyl (C=O) groups excluding carboxylic acids is 2. The second-order valence-electron chi connectivity index (χ2n) is 6.05. The third kappa shape index (κ3) is 4.00. The molecule has 0 unspecified atom stereocenters. The minimum atomic E-state index is -0.508. The zero-order valence-corrected chi connectivity index (χ0v) is 13.6. The van der Waals surface area contributed by atoms with Gasteiger partial charge in [-0.3, -0.25) is 19.7 Å². The summed E-state index contributed by atoms with van der Waals surface area (Å²) in [5.74, 6) is -0.257. The van der Waals surface area contributed by atoms with Crippen LogP contribution in [-0.4, -0.2) is 16.7 Å². The molecule has 0 aromatic heterocycles. The van der Waals surface area contributed by atoms with Gasteiger partial charge in [-0.2, -0.15) is 0 Å².